The summed E-state index contributed by atoms with van der Waals surface area (Å²) in [7, 11) is 1.85. The zero-order valence-electron chi connectivity index (χ0n) is 24.9. The molecule has 9 nitrogen and oxygen atoms in total. The highest BCUT2D eigenvalue weighted by molar-refractivity contribution is 6.36. The monoisotopic (exact) mass is 605 g/mol. The maximum absolute atomic E-state index is 13.2. The number of nitriles is 1. The van der Waals surface area contributed by atoms with Crippen LogP contribution < -0.4 is 10.6 Å². The van der Waals surface area contributed by atoms with Gasteiger partial charge in [0, 0.05) is 44.4 Å². The van der Waals surface area contributed by atoms with Crippen LogP contribution in [-0.4, -0.2) is 38.4 Å². The number of anilines is 1. The van der Waals surface area contributed by atoms with Crippen LogP contribution in [0.4, 0.5) is 5.69 Å². The second-order valence-corrected chi connectivity index (χ2v) is 12.2. The standard InChI is InChI=1S/C34H32ClN7O2/c1-19-10-11-42(17-19)18-21-12-22(14-36)31-27(13-21)40-34(44-31)24-7-4-6-23(20(24)2)25-8-5-9-26(30(25)35)39-33(43)32-38-28-15-37-16-29(28)41(32)3/h4-9,12-13,19,37H,10-11,15-18H2,1-3H3,(H,39,43). The van der Waals surface area contributed by atoms with E-state index in [9.17, 15) is 10.1 Å². The largest absolute Gasteiger partial charge is 0.435 e. The van der Waals surface area contributed by atoms with Crippen LogP contribution in [0, 0.1) is 24.2 Å². The van der Waals surface area contributed by atoms with Crippen LogP contribution in [0.1, 0.15) is 52.0 Å². The molecule has 1 atom stereocenters. The minimum absolute atomic E-state index is 0.315. The van der Waals surface area contributed by atoms with Crippen molar-refractivity contribution in [2.75, 3.05) is 18.4 Å². The zero-order valence-corrected chi connectivity index (χ0v) is 25.6. The highest BCUT2D eigenvalue weighted by Crippen LogP contribution is 2.39. The molecule has 0 saturated carbocycles. The highest BCUT2D eigenvalue weighted by atomic mass is 35.5. The Bertz CT molecular complexity index is 1990. The summed E-state index contributed by atoms with van der Waals surface area (Å²) in [6.45, 7) is 8.52. The first-order chi connectivity index (χ1) is 21.3. The van der Waals surface area contributed by atoms with E-state index in [1.54, 1.807) is 6.07 Å². The average molecular weight is 606 g/mol. The summed E-state index contributed by atoms with van der Waals surface area (Å²) in [4.78, 5) is 25.0. The van der Waals surface area contributed by atoms with Crippen molar-refractivity contribution in [2.24, 2.45) is 13.0 Å². The smallest absolute Gasteiger partial charge is 0.291 e. The first-order valence-electron chi connectivity index (χ1n) is 14.8. The lowest BCUT2D eigenvalue weighted by molar-refractivity contribution is 0.101. The Morgan fingerprint density at radius 3 is 2.73 bits per heavy atom. The molecule has 44 heavy (non-hydrogen) atoms. The van der Waals surface area contributed by atoms with Gasteiger partial charge in [-0.15, -0.1) is 0 Å². The maximum Gasteiger partial charge on any atom is 0.291 e. The number of halogens is 1. The number of hydrogen-bond donors (Lipinski definition) is 2. The third kappa shape index (κ3) is 4.95. The maximum atomic E-state index is 13.2. The molecule has 0 spiro atoms. The van der Waals surface area contributed by atoms with Gasteiger partial charge in [0.05, 0.1) is 27.7 Å². The van der Waals surface area contributed by atoms with Crippen molar-refractivity contribution in [1.29, 1.82) is 5.26 Å². The first kappa shape index (κ1) is 28.3. The Hall–Kier alpha value is -4.49. The predicted octanol–water partition coefficient (Wildman–Crippen LogP) is 6.43. The quantitative estimate of drug-likeness (QED) is 0.229. The number of carbonyl (C=O) groups excluding carboxylic acids is 1. The molecule has 0 aliphatic carbocycles. The van der Waals surface area contributed by atoms with E-state index in [2.05, 4.69) is 33.5 Å². The Labute approximate surface area is 260 Å². The lowest BCUT2D eigenvalue weighted by Crippen LogP contribution is -2.19. The van der Waals surface area contributed by atoms with Gasteiger partial charge in [-0.3, -0.25) is 9.69 Å². The van der Waals surface area contributed by atoms with Gasteiger partial charge < -0.3 is 19.6 Å². The fourth-order valence-corrected chi connectivity index (χ4v) is 6.71. The number of nitrogens with one attached hydrogen (secondary N) is 2. The van der Waals surface area contributed by atoms with Crippen molar-refractivity contribution in [3.05, 3.63) is 87.5 Å². The molecule has 2 N–H and O–H groups in total. The lowest BCUT2D eigenvalue weighted by Gasteiger charge is -2.15. The Kier molecular flexibility index (Phi) is 7.21. The molecule has 7 rings (SSSR count). The van der Waals surface area contributed by atoms with Gasteiger partial charge in [0.15, 0.2) is 11.4 Å². The molecular formula is C34H32ClN7O2. The number of amides is 1. The Balaban J connectivity index is 1.20. The molecule has 0 bridgehead atoms. The summed E-state index contributed by atoms with van der Waals surface area (Å²) in [5, 5.41) is 16.6. The summed E-state index contributed by atoms with van der Waals surface area (Å²) in [6, 6.07) is 17.7. The normalized spacial score (nSPS) is 16.4. The van der Waals surface area contributed by atoms with Gasteiger partial charge in [-0.05, 0) is 66.8 Å². The van der Waals surface area contributed by atoms with E-state index in [1.165, 1.54) is 6.42 Å². The molecule has 1 amide bonds. The SMILES string of the molecule is Cc1c(-c2nc3cc(CN4CCC(C)C4)cc(C#N)c3o2)cccc1-c1cccc(NC(=O)c2nc3c(n2C)CNC3)c1Cl. The van der Waals surface area contributed by atoms with Crippen molar-refractivity contribution in [2.45, 2.75) is 39.9 Å². The molecule has 1 saturated heterocycles. The third-order valence-corrected chi connectivity index (χ3v) is 9.18. The van der Waals surface area contributed by atoms with Gasteiger partial charge in [0.2, 0.25) is 5.89 Å². The van der Waals surface area contributed by atoms with Crippen LogP contribution in [0.2, 0.25) is 5.02 Å². The van der Waals surface area contributed by atoms with Gasteiger partial charge in [0.1, 0.15) is 11.6 Å². The van der Waals surface area contributed by atoms with E-state index in [0.29, 0.717) is 58.1 Å². The number of hydrogen-bond acceptors (Lipinski definition) is 7. The van der Waals surface area contributed by atoms with Crippen LogP contribution in [0.5, 0.6) is 0 Å². The van der Waals surface area contributed by atoms with Crippen molar-refractivity contribution >= 4 is 34.3 Å². The van der Waals surface area contributed by atoms with Gasteiger partial charge in [0.25, 0.3) is 5.91 Å². The van der Waals surface area contributed by atoms with Crippen LogP contribution in [0.15, 0.2) is 52.9 Å². The summed E-state index contributed by atoms with van der Waals surface area (Å²) < 4.78 is 8.05. The van der Waals surface area contributed by atoms with E-state index in [4.69, 9.17) is 21.0 Å². The molecule has 2 aliphatic heterocycles. The lowest BCUT2D eigenvalue weighted by atomic mass is 9.96. The highest BCUT2D eigenvalue weighted by Gasteiger charge is 2.25. The molecule has 3 aromatic carbocycles. The number of fused-ring (bicyclic) bond motifs is 2. The number of aromatic nitrogens is 3. The number of nitrogens with zero attached hydrogens (tertiary/aromatic N) is 5. The molecular weight excluding hydrogens is 574 g/mol. The molecule has 2 aromatic heterocycles. The Morgan fingerprint density at radius 1 is 1.16 bits per heavy atom. The number of benzene rings is 3. The molecule has 1 fully saturated rings. The number of rotatable bonds is 6. The van der Waals surface area contributed by atoms with E-state index < -0.39 is 0 Å². The average Bonchev–Trinajstić information content (AvgIpc) is 3.80. The van der Waals surface area contributed by atoms with Crippen molar-refractivity contribution in [1.82, 2.24) is 24.8 Å². The van der Waals surface area contributed by atoms with E-state index in [1.807, 2.05) is 61.0 Å². The van der Waals surface area contributed by atoms with Crippen LogP contribution in [0.25, 0.3) is 33.7 Å². The predicted molar refractivity (Wildman–Crippen MR) is 170 cm³/mol. The number of oxazole rings is 1. The third-order valence-electron chi connectivity index (χ3n) is 8.77. The van der Waals surface area contributed by atoms with Crippen LogP contribution >= 0.6 is 11.6 Å². The Morgan fingerprint density at radius 2 is 1.95 bits per heavy atom. The van der Waals surface area contributed by atoms with Crippen LogP contribution in [0.3, 0.4) is 0 Å². The summed E-state index contributed by atoms with van der Waals surface area (Å²) >= 11 is 6.93. The molecule has 0 radical (unpaired) electrons. The number of likely N-dealkylation sites (tertiary alicyclic amines) is 1. The van der Waals surface area contributed by atoms with Gasteiger partial charge >= 0.3 is 0 Å². The minimum Gasteiger partial charge on any atom is -0.435 e. The second-order valence-electron chi connectivity index (χ2n) is 11.8. The zero-order chi connectivity index (χ0) is 30.5. The fourth-order valence-electron chi connectivity index (χ4n) is 6.44. The molecule has 1 unspecified atom stereocenters. The topological polar surface area (TPSA) is 112 Å². The number of imidazole rings is 1. The minimum atomic E-state index is -0.315. The van der Waals surface area contributed by atoms with Crippen LogP contribution in [-0.2, 0) is 26.7 Å². The van der Waals surface area contributed by atoms with Gasteiger partial charge in [-0.25, -0.2) is 9.97 Å². The van der Waals surface area contributed by atoms with Gasteiger partial charge in [-0.2, -0.15) is 5.26 Å². The van der Waals surface area contributed by atoms with Crippen molar-refractivity contribution in [3.8, 4) is 28.7 Å². The van der Waals surface area contributed by atoms with Gasteiger partial charge in [-0.1, -0.05) is 42.8 Å². The molecule has 4 heterocycles. The second kappa shape index (κ2) is 11.2. The first-order valence-corrected chi connectivity index (χ1v) is 15.2. The summed E-state index contributed by atoms with van der Waals surface area (Å²) in [5.74, 6) is 1.17. The number of carbonyl (C=O) groups is 1. The summed E-state index contributed by atoms with van der Waals surface area (Å²) in [5.41, 5.74) is 8.49. The molecule has 10 heteroatoms. The fraction of sp³-hybridized carbons (Fsp3) is 0.294. The van der Waals surface area contributed by atoms with Crippen molar-refractivity contribution < 1.29 is 9.21 Å². The summed E-state index contributed by atoms with van der Waals surface area (Å²) in [6.07, 6.45) is 1.19. The molecule has 5 aromatic rings. The van der Waals surface area contributed by atoms with E-state index >= 15 is 0 Å². The van der Waals surface area contributed by atoms with E-state index in [0.717, 1.165) is 58.8 Å². The van der Waals surface area contributed by atoms with E-state index in [-0.39, 0.29) is 5.91 Å². The van der Waals surface area contributed by atoms with Crippen molar-refractivity contribution in [3.63, 3.8) is 0 Å². The molecule has 2 aliphatic rings. The molecule has 222 valence electrons.